The molecule has 1 heterocycles. The smallest absolute Gasteiger partial charge is 0.321 e. The van der Waals surface area contributed by atoms with Gasteiger partial charge < -0.3 is 15.0 Å². The molecule has 0 spiro atoms. The second-order valence-electron chi connectivity index (χ2n) is 5.25. The van der Waals surface area contributed by atoms with Gasteiger partial charge in [0.1, 0.15) is 25.3 Å². The molecule has 3 atom stereocenters. The summed E-state index contributed by atoms with van der Waals surface area (Å²) in [5, 5.41) is 5.03. The maximum Gasteiger partial charge on any atom is 0.321 e. The Kier molecular flexibility index (Phi) is 6.80. The summed E-state index contributed by atoms with van der Waals surface area (Å²) in [7, 11) is 0. The Morgan fingerprint density at radius 3 is 2.47 bits per heavy atom. The largest absolute Gasteiger partial charge is 0.364 e. The quantitative estimate of drug-likeness (QED) is 0.580. The van der Waals surface area contributed by atoms with Crippen LogP contribution in [-0.4, -0.2) is 50.3 Å². The zero-order valence-electron chi connectivity index (χ0n) is 12.1. The molecule has 0 aromatic rings. The number of carbonyl (C=O) groups is 2. The van der Waals surface area contributed by atoms with Crippen LogP contribution in [0.25, 0.3) is 0 Å². The monoisotopic (exact) mass is 272 g/mol. The number of quaternary nitrogens is 1. The van der Waals surface area contributed by atoms with Crippen LogP contribution in [-0.2, 0) is 9.53 Å². The van der Waals surface area contributed by atoms with E-state index < -0.39 is 6.03 Å². The number of carbonyl (C=O) groups excluding carboxylic acids is 2. The Balaban J connectivity index is 2.24. The lowest BCUT2D eigenvalue weighted by atomic mass is 10.2. The molecule has 0 saturated carbocycles. The lowest BCUT2D eigenvalue weighted by molar-refractivity contribution is -0.907. The maximum atomic E-state index is 11.7. The number of nitrogens with one attached hydrogen (secondary N) is 3. The van der Waals surface area contributed by atoms with E-state index in [1.807, 2.05) is 13.8 Å². The molecule has 1 aliphatic rings. The van der Waals surface area contributed by atoms with Crippen molar-refractivity contribution in [3.63, 3.8) is 0 Å². The van der Waals surface area contributed by atoms with Gasteiger partial charge in [-0.2, -0.15) is 0 Å². The van der Waals surface area contributed by atoms with Crippen molar-refractivity contribution >= 4 is 11.9 Å². The summed E-state index contributed by atoms with van der Waals surface area (Å²) >= 11 is 0. The highest BCUT2D eigenvalue weighted by Gasteiger charge is 2.27. The first-order valence-corrected chi connectivity index (χ1v) is 7.08. The van der Waals surface area contributed by atoms with Crippen LogP contribution >= 0.6 is 0 Å². The Hall–Kier alpha value is -1.14. The number of unbranched alkanes of at least 4 members (excludes halogenated alkanes) is 1. The Morgan fingerprint density at radius 1 is 1.26 bits per heavy atom. The highest BCUT2D eigenvalue weighted by Crippen LogP contribution is 1.97. The van der Waals surface area contributed by atoms with E-state index in [4.69, 9.17) is 4.74 Å². The molecule has 19 heavy (non-hydrogen) atoms. The molecule has 0 aliphatic carbocycles. The van der Waals surface area contributed by atoms with Gasteiger partial charge >= 0.3 is 6.03 Å². The van der Waals surface area contributed by atoms with Gasteiger partial charge in [0.15, 0.2) is 6.54 Å². The highest BCUT2D eigenvalue weighted by atomic mass is 16.5. The van der Waals surface area contributed by atoms with Crippen LogP contribution in [0, 0.1) is 0 Å². The van der Waals surface area contributed by atoms with E-state index in [0.717, 1.165) is 30.8 Å². The van der Waals surface area contributed by atoms with Gasteiger partial charge in [0.05, 0.1) is 0 Å². The Labute approximate surface area is 114 Å². The SMILES string of the molecule is CCCCNC(=O)NC(=O)C[NH+]1C[C@@H](C)O[C@@H](C)C1. The molecule has 110 valence electrons. The first-order chi connectivity index (χ1) is 9.01. The fourth-order valence-corrected chi connectivity index (χ4v) is 2.35. The van der Waals surface area contributed by atoms with Gasteiger partial charge in [-0.15, -0.1) is 0 Å². The van der Waals surface area contributed by atoms with Gasteiger partial charge in [0.2, 0.25) is 0 Å². The number of amides is 3. The molecule has 0 bridgehead atoms. The average Bonchev–Trinajstić information content (AvgIpc) is 2.27. The van der Waals surface area contributed by atoms with E-state index in [1.165, 1.54) is 0 Å². The van der Waals surface area contributed by atoms with Crippen LogP contribution in [0.3, 0.4) is 0 Å². The topological polar surface area (TPSA) is 71.9 Å². The number of ether oxygens (including phenoxy) is 1. The normalized spacial score (nSPS) is 26.8. The summed E-state index contributed by atoms with van der Waals surface area (Å²) in [6.45, 7) is 8.59. The molecule has 1 saturated heterocycles. The van der Waals surface area contributed by atoms with Crippen molar-refractivity contribution in [3.05, 3.63) is 0 Å². The van der Waals surface area contributed by atoms with Gasteiger partial charge in [0.25, 0.3) is 5.91 Å². The number of urea groups is 1. The molecule has 6 nitrogen and oxygen atoms in total. The summed E-state index contributed by atoms with van der Waals surface area (Å²) in [6.07, 6.45) is 2.25. The molecular formula is C13H26N3O3+. The van der Waals surface area contributed by atoms with Crippen molar-refractivity contribution in [1.82, 2.24) is 10.6 Å². The Morgan fingerprint density at radius 2 is 1.89 bits per heavy atom. The van der Waals surface area contributed by atoms with Crippen molar-refractivity contribution in [3.8, 4) is 0 Å². The minimum absolute atomic E-state index is 0.157. The molecule has 1 rings (SSSR count). The number of morpholine rings is 1. The molecule has 6 heteroatoms. The fraction of sp³-hybridized carbons (Fsp3) is 0.846. The van der Waals surface area contributed by atoms with Gasteiger partial charge in [-0.3, -0.25) is 10.1 Å². The van der Waals surface area contributed by atoms with Crippen LogP contribution in [0.15, 0.2) is 0 Å². The molecule has 0 aromatic carbocycles. The maximum absolute atomic E-state index is 11.7. The molecular weight excluding hydrogens is 246 g/mol. The predicted octanol–water partition coefficient (Wildman–Crippen LogP) is -0.696. The zero-order valence-corrected chi connectivity index (χ0v) is 12.1. The van der Waals surface area contributed by atoms with E-state index in [9.17, 15) is 9.59 Å². The predicted molar refractivity (Wildman–Crippen MR) is 72.0 cm³/mol. The zero-order chi connectivity index (χ0) is 14.3. The lowest BCUT2D eigenvalue weighted by Crippen LogP contribution is -3.16. The van der Waals surface area contributed by atoms with Crippen LogP contribution in [0.5, 0.6) is 0 Å². The average molecular weight is 272 g/mol. The highest BCUT2D eigenvalue weighted by molar-refractivity contribution is 5.94. The minimum Gasteiger partial charge on any atom is -0.364 e. The van der Waals surface area contributed by atoms with Gasteiger partial charge in [0, 0.05) is 6.54 Å². The molecule has 0 aromatic heterocycles. The first kappa shape index (κ1) is 15.9. The van der Waals surface area contributed by atoms with Crippen molar-refractivity contribution in [2.75, 3.05) is 26.2 Å². The molecule has 1 unspecified atom stereocenters. The van der Waals surface area contributed by atoms with Gasteiger partial charge in [-0.1, -0.05) is 13.3 Å². The second-order valence-corrected chi connectivity index (χ2v) is 5.25. The van der Waals surface area contributed by atoms with E-state index in [-0.39, 0.29) is 18.1 Å². The molecule has 0 radical (unpaired) electrons. The molecule has 1 aliphatic heterocycles. The third kappa shape index (κ3) is 6.54. The number of imide groups is 1. The third-order valence-electron chi connectivity index (χ3n) is 3.10. The summed E-state index contributed by atoms with van der Waals surface area (Å²) in [5.41, 5.74) is 0. The van der Waals surface area contributed by atoms with E-state index in [1.54, 1.807) is 0 Å². The second kappa shape index (κ2) is 8.12. The van der Waals surface area contributed by atoms with Crippen molar-refractivity contribution in [2.24, 2.45) is 0 Å². The van der Waals surface area contributed by atoms with Gasteiger partial charge in [-0.25, -0.2) is 4.79 Å². The summed E-state index contributed by atoms with van der Waals surface area (Å²) < 4.78 is 5.61. The summed E-state index contributed by atoms with van der Waals surface area (Å²) in [5.74, 6) is -0.231. The summed E-state index contributed by atoms with van der Waals surface area (Å²) in [4.78, 5) is 24.3. The standard InChI is InChI=1S/C13H25N3O3/c1-4-5-6-14-13(18)15-12(17)9-16-7-10(2)19-11(3)8-16/h10-11H,4-9H2,1-3H3,(H2,14,15,17,18)/p+1/t10-,11+. The van der Waals surface area contributed by atoms with E-state index in [0.29, 0.717) is 13.1 Å². The van der Waals surface area contributed by atoms with Gasteiger partial charge in [-0.05, 0) is 20.3 Å². The Bertz CT molecular complexity index is 300. The van der Waals surface area contributed by atoms with Crippen LogP contribution in [0.4, 0.5) is 4.79 Å². The lowest BCUT2D eigenvalue weighted by Gasteiger charge is -2.31. The van der Waals surface area contributed by atoms with Crippen molar-refractivity contribution in [2.45, 2.75) is 45.8 Å². The number of rotatable bonds is 5. The van der Waals surface area contributed by atoms with E-state index >= 15 is 0 Å². The number of hydrogen-bond donors (Lipinski definition) is 3. The fourth-order valence-electron chi connectivity index (χ4n) is 2.35. The first-order valence-electron chi connectivity index (χ1n) is 7.08. The van der Waals surface area contributed by atoms with Crippen LogP contribution < -0.4 is 15.5 Å². The molecule has 1 fully saturated rings. The van der Waals surface area contributed by atoms with E-state index in [2.05, 4.69) is 17.6 Å². The van der Waals surface area contributed by atoms with Crippen molar-refractivity contribution < 1.29 is 19.2 Å². The van der Waals surface area contributed by atoms with Crippen LogP contribution in [0.2, 0.25) is 0 Å². The van der Waals surface area contributed by atoms with Crippen molar-refractivity contribution in [1.29, 1.82) is 0 Å². The minimum atomic E-state index is -0.396. The third-order valence-corrected chi connectivity index (χ3v) is 3.10. The molecule has 3 amide bonds. The molecule has 3 N–H and O–H groups in total. The number of hydrogen-bond acceptors (Lipinski definition) is 3. The van der Waals surface area contributed by atoms with Crippen LogP contribution in [0.1, 0.15) is 33.6 Å². The summed E-state index contributed by atoms with van der Waals surface area (Å²) in [6, 6.07) is -0.396.